The number of amides is 1. The van der Waals surface area contributed by atoms with Crippen LogP contribution in [0.1, 0.15) is 30.8 Å². The third-order valence-corrected chi connectivity index (χ3v) is 2.02. The summed E-state index contributed by atoms with van der Waals surface area (Å²) in [5.74, 6) is -0.190. The summed E-state index contributed by atoms with van der Waals surface area (Å²) in [5, 5.41) is 10.7. The molecule has 0 fully saturated rings. The summed E-state index contributed by atoms with van der Waals surface area (Å²) in [6, 6.07) is 3.56. The van der Waals surface area contributed by atoms with E-state index in [2.05, 4.69) is 29.4 Å². The van der Waals surface area contributed by atoms with Crippen LogP contribution >= 0.6 is 0 Å². The fraction of sp³-hybridized carbons (Fsp3) is 0.545. The summed E-state index contributed by atoms with van der Waals surface area (Å²) < 4.78 is 5.36. The van der Waals surface area contributed by atoms with Crippen LogP contribution in [0.5, 0.6) is 5.88 Å². The van der Waals surface area contributed by atoms with E-state index in [0.717, 1.165) is 13.0 Å². The molecule has 0 aliphatic rings. The van der Waals surface area contributed by atoms with Gasteiger partial charge in [0.25, 0.3) is 5.91 Å². The van der Waals surface area contributed by atoms with Crippen LogP contribution in [0.25, 0.3) is 0 Å². The van der Waals surface area contributed by atoms with Crippen LogP contribution in [0.15, 0.2) is 12.1 Å². The predicted octanol–water partition coefficient (Wildman–Crippen LogP) is 0.342. The van der Waals surface area contributed by atoms with Gasteiger partial charge in [0.1, 0.15) is 0 Å². The van der Waals surface area contributed by atoms with Gasteiger partial charge in [-0.2, -0.15) is 0 Å². The van der Waals surface area contributed by atoms with Gasteiger partial charge in [0.2, 0.25) is 5.88 Å². The van der Waals surface area contributed by atoms with Gasteiger partial charge in [-0.3, -0.25) is 4.79 Å². The van der Waals surface area contributed by atoms with E-state index < -0.39 is 5.91 Å². The molecule has 1 heterocycles. The molecule has 0 saturated heterocycles. The highest BCUT2D eigenvalue weighted by Gasteiger charge is 2.03. The lowest BCUT2D eigenvalue weighted by molar-refractivity contribution is 0.0994. The zero-order chi connectivity index (χ0) is 12.7. The lowest BCUT2D eigenvalue weighted by atomic mass is 10.3. The monoisotopic (exact) mass is 238 g/mol. The maximum atomic E-state index is 10.7. The minimum atomic E-state index is -0.592. The van der Waals surface area contributed by atoms with Gasteiger partial charge in [-0.05, 0) is 19.0 Å². The first-order chi connectivity index (χ1) is 8.09. The molecule has 1 amide bonds. The lowest BCUT2D eigenvalue weighted by Gasteiger charge is -2.08. The summed E-state index contributed by atoms with van der Waals surface area (Å²) in [6.45, 7) is 5.64. The zero-order valence-corrected chi connectivity index (χ0v) is 10.1. The fourth-order valence-electron chi connectivity index (χ4n) is 1.17. The second-order valence-electron chi connectivity index (χ2n) is 3.93. The molecule has 94 valence electrons. The number of aromatic nitrogens is 2. The first-order valence-electron chi connectivity index (χ1n) is 5.59. The molecule has 0 radical (unpaired) electrons. The molecule has 0 aliphatic heterocycles. The van der Waals surface area contributed by atoms with Crippen molar-refractivity contribution in [2.24, 2.45) is 5.73 Å². The SMILES string of the molecule is CC(C)NCCCOc1ccc(C(N)=O)nn1. The molecule has 0 aromatic carbocycles. The number of carbonyl (C=O) groups excluding carboxylic acids is 1. The van der Waals surface area contributed by atoms with Crippen molar-refractivity contribution in [3.63, 3.8) is 0 Å². The normalized spacial score (nSPS) is 10.5. The van der Waals surface area contributed by atoms with Crippen molar-refractivity contribution >= 4 is 5.91 Å². The topological polar surface area (TPSA) is 90.1 Å². The van der Waals surface area contributed by atoms with E-state index in [1.54, 1.807) is 6.07 Å². The van der Waals surface area contributed by atoms with Gasteiger partial charge < -0.3 is 15.8 Å². The number of primary amides is 1. The molecule has 1 rings (SSSR count). The van der Waals surface area contributed by atoms with E-state index in [9.17, 15) is 4.79 Å². The van der Waals surface area contributed by atoms with Crippen LogP contribution in [0.3, 0.4) is 0 Å². The summed E-state index contributed by atoms with van der Waals surface area (Å²) in [4.78, 5) is 10.7. The Bertz CT molecular complexity index is 351. The summed E-state index contributed by atoms with van der Waals surface area (Å²) in [5.41, 5.74) is 5.18. The predicted molar refractivity (Wildman–Crippen MR) is 63.8 cm³/mol. The zero-order valence-electron chi connectivity index (χ0n) is 10.1. The Morgan fingerprint density at radius 1 is 1.47 bits per heavy atom. The van der Waals surface area contributed by atoms with Crippen molar-refractivity contribution in [1.29, 1.82) is 0 Å². The molecule has 17 heavy (non-hydrogen) atoms. The molecule has 1 aromatic heterocycles. The smallest absolute Gasteiger partial charge is 0.269 e. The second kappa shape index (κ2) is 6.80. The van der Waals surface area contributed by atoms with Gasteiger partial charge in [-0.25, -0.2) is 0 Å². The Morgan fingerprint density at radius 2 is 2.24 bits per heavy atom. The summed E-state index contributed by atoms with van der Waals surface area (Å²) >= 11 is 0. The Balaban J connectivity index is 2.25. The van der Waals surface area contributed by atoms with Gasteiger partial charge in [0.05, 0.1) is 6.61 Å². The lowest BCUT2D eigenvalue weighted by Crippen LogP contribution is -2.24. The van der Waals surface area contributed by atoms with E-state index in [4.69, 9.17) is 10.5 Å². The maximum Gasteiger partial charge on any atom is 0.269 e. The quantitative estimate of drug-likeness (QED) is 0.669. The molecule has 6 nitrogen and oxygen atoms in total. The van der Waals surface area contributed by atoms with Crippen molar-refractivity contribution in [3.8, 4) is 5.88 Å². The fourth-order valence-corrected chi connectivity index (χ4v) is 1.17. The van der Waals surface area contributed by atoms with Crippen LogP contribution in [-0.4, -0.2) is 35.3 Å². The van der Waals surface area contributed by atoms with E-state index in [-0.39, 0.29) is 5.69 Å². The number of rotatable bonds is 7. The van der Waals surface area contributed by atoms with Crippen molar-refractivity contribution < 1.29 is 9.53 Å². The molecule has 0 unspecified atom stereocenters. The average Bonchev–Trinajstić information content (AvgIpc) is 2.29. The Labute approximate surface area is 101 Å². The number of nitrogens with two attached hydrogens (primary N) is 1. The Kier molecular flexibility index (Phi) is 5.35. The van der Waals surface area contributed by atoms with Crippen LogP contribution in [-0.2, 0) is 0 Å². The number of nitrogens with zero attached hydrogens (tertiary/aromatic N) is 2. The van der Waals surface area contributed by atoms with E-state index in [1.807, 2.05) is 0 Å². The number of ether oxygens (including phenoxy) is 1. The maximum absolute atomic E-state index is 10.7. The van der Waals surface area contributed by atoms with Gasteiger partial charge in [0.15, 0.2) is 5.69 Å². The van der Waals surface area contributed by atoms with Crippen LogP contribution in [0, 0.1) is 0 Å². The largest absolute Gasteiger partial charge is 0.477 e. The highest BCUT2D eigenvalue weighted by Crippen LogP contribution is 2.04. The van der Waals surface area contributed by atoms with Gasteiger partial charge >= 0.3 is 0 Å². The highest BCUT2D eigenvalue weighted by molar-refractivity contribution is 5.90. The Hall–Kier alpha value is -1.69. The number of carbonyl (C=O) groups is 1. The number of hydrogen-bond acceptors (Lipinski definition) is 5. The van der Waals surface area contributed by atoms with Gasteiger partial charge in [-0.1, -0.05) is 13.8 Å². The van der Waals surface area contributed by atoms with Crippen LogP contribution in [0.4, 0.5) is 0 Å². The first-order valence-corrected chi connectivity index (χ1v) is 5.59. The van der Waals surface area contributed by atoms with E-state index in [0.29, 0.717) is 18.5 Å². The number of hydrogen-bond donors (Lipinski definition) is 2. The molecule has 1 aromatic rings. The van der Waals surface area contributed by atoms with Crippen molar-refractivity contribution in [2.45, 2.75) is 26.3 Å². The molecular weight excluding hydrogens is 220 g/mol. The Morgan fingerprint density at radius 3 is 2.76 bits per heavy atom. The van der Waals surface area contributed by atoms with E-state index in [1.165, 1.54) is 6.07 Å². The minimum absolute atomic E-state index is 0.138. The molecule has 3 N–H and O–H groups in total. The van der Waals surface area contributed by atoms with Gasteiger partial charge in [-0.15, -0.1) is 10.2 Å². The standard InChI is InChI=1S/C11H18N4O2/c1-8(2)13-6-3-7-17-10-5-4-9(11(12)16)14-15-10/h4-5,8,13H,3,6-7H2,1-2H3,(H2,12,16). The third-order valence-electron chi connectivity index (χ3n) is 2.02. The summed E-state index contributed by atoms with van der Waals surface area (Å²) in [6.07, 6.45) is 0.886. The molecular formula is C11H18N4O2. The minimum Gasteiger partial charge on any atom is -0.477 e. The highest BCUT2D eigenvalue weighted by atomic mass is 16.5. The molecule has 0 saturated carbocycles. The molecule has 0 bridgehead atoms. The van der Waals surface area contributed by atoms with Gasteiger partial charge in [0, 0.05) is 12.1 Å². The molecule has 0 atom stereocenters. The third kappa shape index (κ3) is 5.26. The number of nitrogens with one attached hydrogen (secondary N) is 1. The van der Waals surface area contributed by atoms with Crippen molar-refractivity contribution in [3.05, 3.63) is 17.8 Å². The van der Waals surface area contributed by atoms with Crippen LogP contribution in [0.2, 0.25) is 0 Å². The van der Waals surface area contributed by atoms with Crippen LogP contribution < -0.4 is 15.8 Å². The molecule has 0 spiro atoms. The van der Waals surface area contributed by atoms with E-state index >= 15 is 0 Å². The van der Waals surface area contributed by atoms with Crippen molar-refractivity contribution in [2.75, 3.05) is 13.2 Å². The average molecular weight is 238 g/mol. The molecule has 6 heteroatoms. The van der Waals surface area contributed by atoms with Crippen molar-refractivity contribution in [1.82, 2.24) is 15.5 Å². The molecule has 0 aliphatic carbocycles. The first kappa shape index (κ1) is 13.4. The summed E-state index contributed by atoms with van der Waals surface area (Å²) in [7, 11) is 0. The second-order valence-corrected chi connectivity index (χ2v) is 3.93.